The maximum atomic E-state index is 14.8. The molecule has 2 heterocycles. The first-order chi connectivity index (χ1) is 37.0. The van der Waals surface area contributed by atoms with Crippen molar-refractivity contribution in [2.24, 2.45) is 0 Å². The van der Waals surface area contributed by atoms with Gasteiger partial charge in [0.15, 0.2) is 46.1 Å². The predicted octanol–water partition coefficient (Wildman–Crippen LogP) is 12.9. The maximum Gasteiger partial charge on any atom is 0.414 e. The molecule has 76 heavy (non-hydrogen) atoms. The van der Waals surface area contributed by atoms with Gasteiger partial charge in [0, 0.05) is 24.2 Å². The number of carbonyl (C=O) groups excluding carboxylic acids is 3. The molecule has 9 rings (SSSR count). The number of aryl methyl sites for hydroxylation is 2. The van der Waals surface area contributed by atoms with E-state index in [4.69, 9.17) is 37.9 Å². The van der Waals surface area contributed by atoms with Crippen molar-refractivity contribution in [1.82, 2.24) is 0 Å². The fourth-order valence-electron chi connectivity index (χ4n) is 7.21. The second kappa shape index (κ2) is 28.3. The number of halogens is 2. The Labute approximate surface area is 440 Å². The fourth-order valence-corrected chi connectivity index (χ4v) is 7.21. The molecule has 2 aliphatic heterocycles. The molecular weight excluding hydrogens is 979 g/mol. The van der Waals surface area contributed by atoms with E-state index in [-0.39, 0.29) is 49.0 Å². The van der Waals surface area contributed by atoms with E-state index in [1.54, 1.807) is 31.2 Å². The number of benzene rings is 7. The highest BCUT2D eigenvalue weighted by molar-refractivity contribution is 5.90. The molecule has 0 unspecified atom stereocenters. The summed E-state index contributed by atoms with van der Waals surface area (Å²) in [5, 5.41) is 11.7. The van der Waals surface area contributed by atoms with Gasteiger partial charge in [0.2, 0.25) is 0 Å². The van der Waals surface area contributed by atoms with Crippen LogP contribution in [0, 0.1) is 11.6 Å². The number of cyclic esters (lactones) is 1. The van der Waals surface area contributed by atoms with Gasteiger partial charge in [-0.05, 0) is 89.2 Å². The number of rotatable bonds is 20. The molecule has 7 aromatic carbocycles. The normalized spacial score (nSPS) is 14.1. The van der Waals surface area contributed by atoms with Gasteiger partial charge in [-0.25, -0.2) is 18.4 Å². The van der Waals surface area contributed by atoms with Crippen LogP contribution in [0.1, 0.15) is 55.0 Å². The second-order valence-electron chi connectivity index (χ2n) is 17.3. The summed E-state index contributed by atoms with van der Waals surface area (Å²) < 4.78 is 73.1. The van der Waals surface area contributed by atoms with Crippen LogP contribution in [0.25, 0.3) is 0 Å². The van der Waals surface area contributed by atoms with Crippen molar-refractivity contribution < 1.29 is 66.2 Å². The van der Waals surface area contributed by atoms with Crippen molar-refractivity contribution in [2.45, 2.75) is 72.1 Å². The largest absolute Gasteiger partial charge is 0.485 e. The Morgan fingerprint density at radius 2 is 1.09 bits per heavy atom. The van der Waals surface area contributed by atoms with Crippen LogP contribution in [-0.2, 0) is 56.4 Å². The van der Waals surface area contributed by atoms with Crippen LogP contribution in [0.5, 0.6) is 34.5 Å². The third-order valence-electron chi connectivity index (χ3n) is 11.6. The zero-order valence-corrected chi connectivity index (χ0v) is 42.5. The predicted molar refractivity (Wildman–Crippen MR) is 282 cm³/mol. The summed E-state index contributed by atoms with van der Waals surface area (Å²) in [7, 11) is 0. The number of hydrogen-bond donors (Lipinski definition) is 2. The van der Waals surface area contributed by atoms with Crippen LogP contribution in [0.3, 0.4) is 0 Å². The van der Waals surface area contributed by atoms with Crippen molar-refractivity contribution in [3.8, 4) is 34.5 Å². The molecule has 2 saturated heterocycles. The smallest absolute Gasteiger partial charge is 0.414 e. The Balaban J connectivity index is 0.000000190. The van der Waals surface area contributed by atoms with Gasteiger partial charge in [-0.1, -0.05) is 124 Å². The van der Waals surface area contributed by atoms with E-state index in [0.29, 0.717) is 54.9 Å². The maximum absolute atomic E-state index is 14.8. The van der Waals surface area contributed by atoms with E-state index >= 15 is 0 Å². The van der Waals surface area contributed by atoms with Crippen LogP contribution in [-0.4, -0.2) is 61.8 Å². The minimum Gasteiger partial charge on any atom is -0.485 e. The molecule has 0 aliphatic carbocycles. The number of amides is 2. The lowest BCUT2D eigenvalue weighted by Crippen LogP contribution is -2.25. The number of aliphatic hydroxyl groups is 1. The highest BCUT2D eigenvalue weighted by Crippen LogP contribution is 2.37. The van der Waals surface area contributed by atoms with Crippen molar-refractivity contribution in [3.63, 3.8) is 0 Å². The topological polar surface area (TPSA) is 164 Å². The number of aliphatic hydroxyl groups excluding tert-OH is 1. The molecular formula is C60H60F2N2O12. The van der Waals surface area contributed by atoms with E-state index < -0.39 is 29.9 Å². The van der Waals surface area contributed by atoms with Gasteiger partial charge in [0.1, 0.15) is 38.6 Å². The van der Waals surface area contributed by atoms with Crippen molar-refractivity contribution >= 4 is 29.5 Å². The summed E-state index contributed by atoms with van der Waals surface area (Å²) in [4.78, 5) is 35.8. The lowest BCUT2D eigenvalue weighted by atomic mass is 10.1. The van der Waals surface area contributed by atoms with Gasteiger partial charge in [-0.15, -0.1) is 0 Å². The molecule has 396 valence electrons. The Morgan fingerprint density at radius 1 is 0.592 bits per heavy atom. The molecule has 0 aromatic heterocycles. The fraction of sp³-hybridized carbons (Fsp3) is 0.250. The Kier molecular flexibility index (Phi) is 20.6. The lowest BCUT2D eigenvalue weighted by molar-refractivity contribution is -0.143. The standard InChI is InChI=1S/C29H26FNO4.C25H24FNO5.C6H10O3/c1-2-21-13-15-27(28(17-21)33-19-22-9-5-3-6-10-22)35-26-16-14-24(18-25(26)30)31-29(32)34-20-23-11-7-4-8-12-23;1-2-17-8-10-23(24(12-17)30-16-18-6-4-3-5-7-18)32-22-11-9-19(13-21(22)26)27-14-20(15-28)31-25(27)29;1-2-6(7)9-4-5-3-8-5/h3-18H,2,19-20H2,1H3,(H,31,32);3-13,20,28H,2,14-16H2,1H3;5H,2-4H2,1H3/t;20-;5-/m.11/s1. The number of epoxide rings is 1. The summed E-state index contributed by atoms with van der Waals surface area (Å²) in [6.07, 6.45) is 0.385. The molecule has 2 fully saturated rings. The highest BCUT2D eigenvalue weighted by atomic mass is 19.1. The van der Waals surface area contributed by atoms with E-state index in [2.05, 4.69) is 5.32 Å². The monoisotopic (exact) mass is 1040 g/mol. The van der Waals surface area contributed by atoms with Crippen molar-refractivity contribution in [2.75, 3.05) is 36.6 Å². The summed E-state index contributed by atoms with van der Waals surface area (Å²) in [6, 6.07) is 48.4. The molecule has 0 radical (unpaired) electrons. The van der Waals surface area contributed by atoms with Crippen LogP contribution in [0.2, 0.25) is 0 Å². The molecule has 2 aliphatic rings. The molecule has 0 bridgehead atoms. The van der Waals surface area contributed by atoms with Crippen molar-refractivity contribution in [3.05, 3.63) is 203 Å². The van der Waals surface area contributed by atoms with Crippen LogP contribution in [0.4, 0.5) is 29.7 Å². The third-order valence-corrected chi connectivity index (χ3v) is 11.6. The van der Waals surface area contributed by atoms with Crippen LogP contribution >= 0.6 is 0 Å². The average molecular weight is 1040 g/mol. The summed E-state index contributed by atoms with van der Waals surface area (Å²) >= 11 is 0. The Morgan fingerprint density at radius 3 is 1.55 bits per heavy atom. The second-order valence-corrected chi connectivity index (χ2v) is 17.3. The zero-order chi connectivity index (χ0) is 53.7. The van der Waals surface area contributed by atoms with E-state index in [0.717, 1.165) is 47.3 Å². The van der Waals surface area contributed by atoms with E-state index in [1.165, 1.54) is 29.2 Å². The number of hydrogen-bond acceptors (Lipinski definition) is 12. The SMILES string of the molecule is CCC(=O)OC[C@H]1CO1.CCc1ccc(Oc2ccc(N3C[C@H](CO)OC3=O)cc2F)c(OCc2ccccc2)c1.CCc1ccc(Oc2ccc(NC(=O)OCc3ccccc3)cc2F)c(OCc2ccccc2)c1. The van der Waals surface area contributed by atoms with Gasteiger partial charge in [-0.3, -0.25) is 15.0 Å². The van der Waals surface area contributed by atoms with Crippen molar-refractivity contribution in [1.29, 1.82) is 0 Å². The first-order valence-electron chi connectivity index (χ1n) is 24.9. The minimum absolute atomic E-state index is 0.00818. The first-order valence-corrected chi connectivity index (χ1v) is 24.9. The number of nitrogens with zero attached hydrogens (tertiary/aromatic N) is 1. The first kappa shape index (κ1) is 55.3. The number of anilines is 2. The molecule has 2 amide bonds. The Hall–Kier alpha value is -8.47. The molecule has 0 saturated carbocycles. The van der Waals surface area contributed by atoms with Gasteiger partial charge >= 0.3 is 18.2 Å². The highest BCUT2D eigenvalue weighted by Gasteiger charge is 2.32. The number of nitrogens with one attached hydrogen (secondary N) is 1. The van der Waals surface area contributed by atoms with Gasteiger partial charge < -0.3 is 43.0 Å². The number of carbonyl (C=O) groups is 3. The average Bonchev–Trinajstić information content (AvgIpc) is 4.21. The summed E-state index contributed by atoms with van der Waals surface area (Å²) in [5.41, 5.74) is 5.62. The lowest BCUT2D eigenvalue weighted by Gasteiger charge is -2.16. The number of ether oxygens (including phenoxy) is 8. The van der Waals surface area contributed by atoms with Crippen LogP contribution < -0.4 is 29.2 Å². The Bertz CT molecular complexity index is 2980. The summed E-state index contributed by atoms with van der Waals surface area (Å²) in [6.45, 7) is 7.76. The van der Waals surface area contributed by atoms with E-state index in [9.17, 15) is 28.3 Å². The third kappa shape index (κ3) is 17.0. The van der Waals surface area contributed by atoms with Crippen LogP contribution in [0.15, 0.2) is 164 Å². The zero-order valence-electron chi connectivity index (χ0n) is 42.5. The summed E-state index contributed by atoms with van der Waals surface area (Å²) in [5.74, 6) is 0.465. The number of esters is 1. The molecule has 16 heteroatoms. The minimum atomic E-state index is -0.673. The molecule has 0 spiro atoms. The van der Waals surface area contributed by atoms with Gasteiger partial charge in [0.25, 0.3) is 0 Å². The molecule has 2 atom stereocenters. The van der Waals surface area contributed by atoms with E-state index in [1.807, 2.05) is 129 Å². The molecule has 2 N–H and O–H groups in total. The molecule has 7 aromatic rings. The van der Waals surface area contributed by atoms with Gasteiger partial charge in [0.05, 0.1) is 25.4 Å². The quantitative estimate of drug-likeness (QED) is 0.0422. The van der Waals surface area contributed by atoms with Gasteiger partial charge in [-0.2, -0.15) is 0 Å². The molecule has 14 nitrogen and oxygen atoms in total.